The smallest absolute Gasteiger partial charge is 0.220 e. The predicted octanol–water partition coefficient (Wildman–Crippen LogP) is 12.8. The quantitative estimate of drug-likeness (QED) is 0.0199. The first-order chi connectivity index (χ1) is 46.8. The van der Waals surface area contributed by atoms with Crippen LogP contribution < -0.4 is 5.32 Å². The monoisotopic (exact) mass is 1370 g/mol. The van der Waals surface area contributed by atoms with Crippen molar-refractivity contribution >= 4 is 5.91 Å². The minimum Gasteiger partial charge on any atom is -0.394 e. The second-order valence-corrected chi connectivity index (χ2v) is 28.9. The normalized spacial score (nSPS) is 27.0. The molecule has 17 unspecified atom stereocenters. The number of ether oxygens (including phenoxy) is 6. The number of unbranched alkanes of at least 4 members (excludes halogenated alkanes) is 48. The standard InChI is InChI=1S/C77H147NO18/c1-3-5-7-9-11-13-15-17-19-21-23-24-25-26-27-28-29-30-31-32-33-34-35-37-38-40-42-44-46-48-50-52-54-61(82)60(78-65(83)55-53-51-49-47-45-43-41-39-36-22-20-18-16-14-12-10-8-6-4-2)59-91-75-71(89)68(86)73(63(57-80)93-75)96-77-72(90)69(87)74(64(58-81)94-77)95-76-70(88)67(85)66(84)62(56-79)92-76/h52,54,60-64,66-77,79-82,84-90H,3-51,53,55-59H2,1-2H3,(H,78,83)/b54-52+. The van der Waals surface area contributed by atoms with Gasteiger partial charge in [-0.15, -0.1) is 0 Å². The van der Waals surface area contributed by atoms with Crippen molar-refractivity contribution < 1.29 is 89.4 Å². The van der Waals surface area contributed by atoms with Gasteiger partial charge in [-0.05, 0) is 19.3 Å². The molecule has 17 atom stereocenters. The van der Waals surface area contributed by atoms with Gasteiger partial charge in [-0.1, -0.05) is 328 Å². The molecule has 568 valence electrons. The summed E-state index contributed by atoms with van der Waals surface area (Å²) in [6, 6.07) is -0.970. The van der Waals surface area contributed by atoms with Crippen molar-refractivity contribution in [3.63, 3.8) is 0 Å². The third-order valence-corrected chi connectivity index (χ3v) is 20.3. The van der Waals surface area contributed by atoms with E-state index in [1.807, 2.05) is 6.08 Å². The number of aliphatic hydroxyl groups excluding tert-OH is 11. The fraction of sp³-hybridized carbons (Fsp3) is 0.961. The summed E-state index contributed by atoms with van der Waals surface area (Å²) in [5, 5.41) is 121. The number of nitrogens with one attached hydrogen (secondary N) is 1. The third kappa shape index (κ3) is 39.3. The molecular formula is C77H147NO18. The highest BCUT2D eigenvalue weighted by atomic mass is 16.8. The second-order valence-electron chi connectivity index (χ2n) is 28.9. The van der Waals surface area contributed by atoms with Crippen LogP contribution in [0.3, 0.4) is 0 Å². The number of hydrogen-bond donors (Lipinski definition) is 12. The molecule has 3 rings (SSSR count). The van der Waals surface area contributed by atoms with Crippen LogP contribution in [0.2, 0.25) is 0 Å². The van der Waals surface area contributed by atoms with Crippen molar-refractivity contribution in [2.75, 3.05) is 26.4 Å². The van der Waals surface area contributed by atoms with E-state index in [0.29, 0.717) is 6.42 Å². The Balaban J connectivity index is 1.36. The Hall–Kier alpha value is -1.47. The van der Waals surface area contributed by atoms with Crippen molar-refractivity contribution in [2.45, 2.75) is 446 Å². The Morgan fingerprint density at radius 3 is 0.979 bits per heavy atom. The van der Waals surface area contributed by atoms with Crippen LogP contribution in [0.4, 0.5) is 0 Å². The zero-order valence-electron chi connectivity index (χ0n) is 60.6. The highest BCUT2D eigenvalue weighted by Gasteiger charge is 2.54. The summed E-state index contributed by atoms with van der Waals surface area (Å²) < 4.78 is 34.4. The summed E-state index contributed by atoms with van der Waals surface area (Å²) in [5.74, 6) is -0.267. The van der Waals surface area contributed by atoms with Gasteiger partial charge < -0.3 is 89.9 Å². The molecule has 0 aromatic rings. The number of carbonyl (C=O) groups is 1. The zero-order valence-corrected chi connectivity index (χ0v) is 60.6. The number of allylic oxidation sites excluding steroid dienone is 1. The van der Waals surface area contributed by atoms with Gasteiger partial charge in [0.15, 0.2) is 18.9 Å². The van der Waals surface area contributed by atoms with Crippen molar-refractivity contribution in [3.8, 4) is 0 Å². The largest absolute Gasteiger partial charge is 0.394 e. The molecule has 12 N–H and O–H groups in total. The first kappa shape index (κ1) is 88.7. The minimum absolute atomic E-state index is 0.250. The molecule has 3 saturated heterocycles. The van der Waals surface area contributed by atoms with Gasteiger partial charge in [0.25, 0.3) is 0 Å². The molecule has 19 nitrogen and oxygen atoms in total. The van der Waals surface area contributed by atoms with Crippen molar-refractivity contribution in [2.24, 2.45) is 0 Å². The van der Waals surface area contributed by atoms with Crippen LogP contribution in [-0.4, -0.2) is 193 Å². The molecule has 0 aliphatic carbocycles. The maximum absolute atomic E-state index is 13.4. The van der Waals surface area contributed by atoms with E-state index in [4.69, 9.17) is 28.4 Å². The Morgan fingerprint density at radius 1 is 0.365 bits per heavy atom. The van der Waals surface area contributed by atoms with Gasteiger partial charge >= 0.3 is 0 Å². The lowest BCUT2D eigenvalue weighted by molar-refractivity contribution is -0.379. The van der Waals surface area contributed by atoms with Crippen LogP contribution >= 0.6 is 0 Å². The molecule has 0 bridgehead atoms. The number of amides is 1. The van der Waals surface area contributed by atoms with Crippen molar-refractivity contribution in [1.29, 1.82) is 0 Å². The first-order valence-corrected chi connectivity index (χ1v) is 39.9. The fourth-order valence-corrected chi connectivity index (χ4v) is 13.9. The zero-order chi connectivity index (χ0) is 69.6. The summed E-state index contributed by atoms with van der Waals surface area (Å²) >= 11 is 0. The van der Waals surface area contributed by atoms with Gasteiger partial charge in [-0.2, -0.15) is 0 Å². The second kappa shape index (κ2) is 59.0. The fourth-order valence-electron chi connectivity index (χ4n) is 13.9. The van der Waals surface area contributed by atoms with E-state index in [-0.39, 0.29) is 18.9 Å². The van der Waals surface area contributed by atoms with E-state index in [9.17, 15) is 61.0 Å². The summed E-state index contributed by atoms with van der Waals surface area (Å²) in [6.45, 7) is 1.80. The molecule has 3 aliphatic rings. The van der Waals surface area contributed by atoms with E-state index in [2.05, 4.69) is 19.2 Å². The van der Waals surface area contributed by atoms with E-state index >= 15 is 0 Å². The van der Waals surface area contributed by atoms with E-state index in [1.165, 1.54) is 270 Å². The molecule has 0 spiro atoms. The van der Waals surface area contributed by atoms with Crippen LogP contribution in [0.25, 0.3) is 0 Å². The lowest BCUT2D eigenvalue weighted by atomic mass is 9.96. The molecule has 3 aliphatic heterocycles. The lowest BCUT2D eigenvalue weighted by Gasteiger charge is -2.48. The molecule has 0 radical (unpaired) electrons. The molecule has 96 heavy (non-hydrogen) atoms. The highest BCUT2D eigenvalue weighted by molar-refractivity contribution is 5.76. The molecule has 1 amide bonds. The molecule has 0 aromatic heterocycles. The Bertz CT molecular complexity index is 1790. The van der Waals surface area contributed by atoms with Crippen molar-refractivity contribution in [3.05, 3.63) is 12.2 Å². The number of aliphatic hydroxyl groups is 11. The van der Waals surface area contributed by atoms with Crippen LogP contribution in [0.5, 0.6) is 0 Å². The predicted molar refractivity (Wildman–Crippen MR) is 379 cm³/mol. The van der Waals surface area contributed by atoms with Crippen LogP contribution in [0, 0.1) is 0 Å². The Kier molecular flexibility index (Phi) is 54.5. The highest BCUT2D eigenvalue weighted by Crippen LogP contribution is 2.33. The van der Waals surface area contributed by atoms with Gasteiger partial charge in [0.2, 0.25) is 5.91 Å². The van der Waals surface area contributed by atoms with E-state index < -0.39 is 124 Å². The summed E-state index contributed by atoms with van der Waals surface area (Å²) in [7, 11) is 0. The van der Waals surface area contributed by atoms with Gasteiger partial charge in [0, 0.05) is 6.42 Å². The van der Waals surface area contributed by atoms with Gasteiger partial charge in [0.05, 0.1) is 38.6 Å². The Morgan fingerprint density at radius 2 is 0.646 bits per heavy atom. The molecule has 0 saturated carbocycles. The molecule has 3 heterocycles. The molecule has 0 aromatic carbocycles. The maximum Gasteiger partial charge on any atom is 0.220 e. The maximum atomic E-state index is 13.4. The first-order valence-electron chi connectivity index (χ1n) is 39.9. The SMILES string of the molecule is CCCCCCCCCCCCCCCCCCCCCCCCCCCCCCCC/C=C/C(O)C(COC1OC(CO)C(OC2OC(CO)C(OC3OC(CO)C(O)C(O)C3O)C(O)C2O)C(O)C1O)NC(=O)CCCCCCCCCCCCCCCCCCCCC. The Labute approximate surface area is 582 Å². The van der Waals surface area contributed by atoms with E-state index in [1.54, 1.807) is 6.08 Å². The van der Waals surface area contributed by atoms with Gasteiger partial charge in [0.1, 0.15) is 73.2 Å². The third-order valence-electron chi connectivity index (χ3n) is 20.3. The molecule has 3 fully saturated rings. The lowest BCUT2D eigenvalue weighted by Crippen LogP contribution is -2.66. The topological polar surface area (TPSA) is 307 Å². The molecular weight excluding hydrogens is 1230 g/mol. The average molecular weight is 1380 g/mol. The van der Waals surface area contributed by atoms with Gasteiger partial charge in [-0.3, -0.25) is 4.79 Å². The van der Waals surface area contributed by atoms with Crippen LogP contribution in [0.15, 0.2) is 12.2 Å². The summed E-state index contributed by atoms with van der Waals surface area (Å²) in [5.41, 5.74) is 0. The van der Waals surface area contributed by atoms with Crippen LogP contribution in [-0.2, 0) is 33.2 Å². The van der Waals surface area contributed by atoms with Gasteiger partial charge in [-0.25, -0.2) is 0 Å². The van der Waals surface area contributed by atoms with Crippen LogP contribution in [0.1, 0.15) is 341 Å². The number of carbonyl (C=O) groups excluding carboxylic acids is 1. The average Bonchev–Trinajstić information content (AvgIpc) is 0.786. The number of hydrogen-bond acceptors (Lipinski definition) is 18. The van der Waals surface area contributed by atoms with Crippen molar-refractivity contribution in [1.82, 2.24) is 5.32 Å². The molecule has 19 heteroatoms. The summed E-state index contributed by atoms with van der Waals surface area (Å²) in [4.78, 5) is 13.4. The van der Waals surface area contributed by atoms with E-state index in [0.717, 1.165) is 44.9 Å². The number of rotatable bonds is 64. The summed E-state index contributed by atoms with van der Waals surface area (Å²) in [6.07, 6.45) is 42.1. The minimum atomic E-state index is -1.98.